The van der Waals surface area contributed by atoms with Gasteiger partial charge in [-0.3, -0.25) is 14.4 Å². The number of allylic oxidation sites excluding steroid dienone is 2. The molecule has 6 heteroatoms. The Hall–Kier alpha value is -1.85. The maximum atomic E-state index is 12.9. The highest BCUT2D eigenvalue weighted by Crippen LogP contribution is 2.18. The maximum absolute atomic E-state index is 12.9. The summed E-state index contributed by atoms with van der Waals surface area (Å²) in [4.78, 5) is 38.2. The summed E-state index contributed by atoms with van der Waals surface area (Å²) in [5, 5.41) is 0. The molecule has 0 aliphatic rings. The number of unbranched alkanes of at least 4 members (excludes halogenated alkanes) is 49. The molecule has 0 amide bonds. The molecule has 0 aliphatic carbocycles. The summed E-state index contributed by atoms with van der Waals surface area (Å²) in [6.45, 7) is 6.70. The van der Waals surface area contributed by atoms with E-state index < -0.39 is 6.10 Å². The number of carbonyl (C=O) groups is 3. The van der Waals surface area contributed by atoms with Gasteiger partial charge < -0.3 is 14.2 Å². The molecule has 0 rings (SSSR count). The summed E-state index contributed by atoms with van der Waals surface area (Å²) in [7, 11) is 0. The lowest BCUT2D eigenvalue weighted by Crippen LogP contribution is -2.30. The number of ether oxygens (including phenoxy) is 3. The van der Waals surface area contributed by atoms with E-state index in [1.54, 1.807) is 0 Å². The zero-order chi connectivity index (χ0) is 52.9. The molecule has 0 heterocycles. The fourth-order valence-electron chi connectivity index (χ4n) is 10.3. The first-order chi connectivity index (χ1) is 36.0. The Bertz CT molecular complexity index is 1130. The molecule has 0 saturated heterocycles. The van der Waals surface area contributed by atoms with Gasteiger partial charge in [-0.25, -0.2) is 0 Å². The van der Waals surface area contributed by atoms with Crippen LogP contribution in [-0.4, -0.2) is 37.2 Å². The molecule has 0 spiro atoms. The summed E-state index contributed by atoms with van der Waals surface area (Å²) in [5.74, 6) is -0.838. The van der Waals surface area contributed by atoms with E-state index in [1.807, 2.05) is 0 Å². The van der Waals surface area contributed by atoms with E-state index in [-0.39, 0.29) is 31.1 Å². The van der Waals surface area contributed by atoms with Crippen LogP contribution in [0.1, 0.15) is 380 Å². The molecule has 0 aromatic carbocycles. The second kappa shape index (κ2) is 62.7. The van der Waals surface area contributed by atoms with Gasteiger partial charge in [-0.05, 0) is 44.9 Å². The fraction of sp³-hybridized carbons (Fsp3) is 0.925. The molecule has 0 radical (unpaired) electrons. The Morgan fingerprint density at radius 2 is 0.452 bits per heavy atom. The predicted octanol–water partition coefficient (Wildman–Crippen LogP) is 22.4. The second-order valence-electron chi connectivity index (χ2n) is 22.7. The van der Waals surface area contributed by atoms with E-state index in [1.165, 1.54) is 283 Å². The summed E-state index contributed by atoms with van der Waals surface area (Å²) in [6, 6.07) is 0. The van der Waals surface area contributed by atoms with E-state index in [4.69, 9.17) is 14.2 Å². The highest BCUT2D eigenvalue weighted by Gasteiger charge is 2.19. The predicted molar refractivity (Wildman–Crippen MR) is 317 cm³/mol. The standard InChI is InChI=1S/C67H128O6/c1-4-7-10-13-16-19-21-23-25-27-29-31-33-35-37-39-41-43-45-48-51-54-57-60-66(69)72-63-64(62-71-65(68)59-56-53-50-47-18-15-12-9-6-3)73-67(70)61-58-55-52-49-46-44-42-40-38-36-34-32-30-28-26-24-22-20-17-14-11-8-5-2/h27,29,64H,4-26,28,30-63H2,1-3H3/b29-27-. The van der Waals surface area contributed by atoms with Crippen molar-refractivity contribution in [3.63, 3.8) is 0 Å². The molecule has 6 nitrogen and oxygen atoms in total. The molecule has 0 bridgehead atoms. The minimum Gasteiger partial charge on any atom is -0.462 e. The third kappa shape index (κ3) is 60.9. The molecule has 0 aromatic rings. The minimum atomic E-state index is -0.765. The van der Waals surface area contributed by atoms with Gasteiger partial charge >= 0.3 is 17.9 Å². The van der Waals surface area contributed by atoms with E-state index in [9.17, 15) is 14.4 Å². The quantitative estimate of drug-likeness (QED) is 0.0261. The third-order valence-electron chi connectivity index (χ3n) is 15.3. The second-order valence-corrected chi connectivity index (χ2v) is 22.7. The third-order valence-corrected chi connectivity index (χ3v) is 15.3. The lowest BCUT2D eigenvalue weighted by atomic mass is 10.0. The normalized spacial score (nSPS) is 12.0. The SMILES string of the molecule is CCCCCCCCCC/C=C\CCCCCCCCCCCCCC(=O)OCC(COC(=O)CCCCCCCCCCC)OC(=O)CCCCCCCCCCCCCCCCCCCCCCCCC. The number of esters is 3. The molecular formula is C67H128O6. The lowest BCUT2D eigenvalue weighted by molar-refractivity contribution is -0.167. The zero-order valence-electron chi connectivity index (χ0n) is 49.7. The van der Waals surface area contributed by atoms with Gasteiger partial charge in [0.1, 0.15) is 13.2 Å². The molecule has 0 saturated carbocycles. The van der Waals surface area contributed by atoms with Crippen LogP contribution < -0.4 is 0 Å². The van der Waals surface area contributed by atoms with Gasteiger partial charge in [0.05, 0.1) is 0 Å². The van der Waals surface area contributed by atoms with Gasteiger partial charge in [0, 0.05) is 19.3 Å². The molecular weight excluding hydrogens is 901 g/mol. The molecule has 73 heavy (non-hydrogen) atoms. The van der Waals surface area contributed by atoms with Crippen LogP contribution in [0.25, 0.3) is 0 Å². The van der Waals surface area contributed by atoms with Crippen molar-refractivity contribution in [1.82, 2.24) is 0 Å². The fourth-order valence-corrected chi connectivity index (χ4v) is 10.3. The molecule has 1 atom stereocenters. The van der Waals surface area contributed by atoms with Crippen LogP contribution in [0.3, 0.4) is 0 Å². The molecule has 0 N–H and O–H groups in total. The van der Waals surface area contributed by atoms with Crippen LogP contribution in [0.4, 0.5) is 0 Å². The summed E-state index contributed by atoms with van der Waals surface area (Å²) in [6.07, 6.45) is 73.9. The molecule has 432 valence electrons. The Kier molecular flexibility index (Phi) is 61.1. The van der Waals surface area contributed by atoms with E-state index in [2.05, 4.69) is 32.9 Å². The van der Waals surface area contributed by atoms with Crippen molar-refractivity contribution in [2.75, 3.05) is 13.2 Å². The molecule has 0 aromatic heterocycles. The first-order valence-electron chi connectivity index (χ1n) is 33.2. The van der Waals surface area contributed by atoms with Crippen molar-refractivity contribution in [3.05, 3.63) is 12.2 Å². The van der Waals surface area contributed by atoms with Gasteiger partial charge in [-0.1, -0.05) is 328 Å². The lowest BCUT2D eigenvalue weighted by Gasteiger charge is -2.18. The first-order valence-corrected chi connectivity index (χ1v) is 33.2. The van der Waals surface area contributed by atoms with Crippen molar-refractivity contribution in [3.8, 4) is 0 Å². The van der Waals surface area contributed by atoms with Crippen LogP contribution in [0, 0.1) is 0 Å². The summed E-state index contributed by atoms with van der Waals surface area (Å²) in [5.41, 5.74) is 0. The van der Waals surface area contributed by atoms with Crippen molar-refractivity contribution in [1.29, 1.82) is 0 Å². The van der Waals surface area contributed by atoms with E-state index in [0.717, 1.165) is 57.8 Å². The Labute approximate surface area is 456 Å². The maximum Gasteiger partial charge on any atom is 0.306 e. The van der Waals surface area contributed by atoms with Crippen LogP contribution in [-0.2, 0) is 28.6 Å². The van der Waals surface area contributed by atoms with Gasteiger partial charge in [0.25, 0.3) is 0 Å². The smallest absolute Gasteiger partial charge is 0.306 e. The Balaban J connectivity index is 4.13. The van der Waals surface area contributed by atoms with Gasteiger partial charge in [-0.2, -0.15) is 0 Å². The van der Waals surface area contributed by atoms with Gasteiger partial charge in [0.2, 0.25) is 0 Å². The first kappa shape index (κ1) is 71.2. The van der Waals surface area contributed by atoms with Crippen molar-refractivity contribution in [2.24, 2.45) is 0 Å². The number of rotatable bonds is 62. The highest BCUT2D eigenvalue weighted by molar-refractivity contribution is 5.71. The van der Waals surface area contributed by atoms with E-state index in [0.29, 0.717) is 19.3 Å². The number of hydrogen-bond donors (Lipinski definition) is 0. The molecule has 0 aliphatic heterocycles. The Morgan fingerprint density at radius 1 is 0.260 bits per heavy atom. The van der Waals surface area contributed by atoms with Crippen LogP contribution >= 0.6 is 0 Å². The van der Waals surface area contributed by atoms with E-state index >= 15 is 0 Å². The van der Waals surface area contributed by atoms with Gasteiger partial charge in [0.15, 0.2) is 6.10 Å². The largest absolute Gasteiger partial charge is 0.462 e. The topological polar surface area (TPSA) is 78.9 Å². The number of hydrogen-bond acceptors (Lipinski definition) is 6. The van der Waals surface area contributed by atoms with Crippen molar-refractivity contribution in [2.45, 2.75) is 386 Å². The Morgan fingerprint density at radius 3 is 0.685 bits per heavy atom. The van der Waals surface area contributed by atoms with Crippen LogP contribution in [0.5, 0.6) is 0 Å². The monoisotopic (exact) mass is 1030 g/mol. The number of carbonyl (C=O) groups excluding carboxylic acids is 3. The summed E-state index contributed by atoms with van der Waals surface area (Å²) >= 11 is 0. The molecule has 1 unspecified atom stereocenters. The van der Waals surface area contributed by atoms with Crippen molar-refractivity contribution < 1.29 is 28.6 Å². The zero-order valence-corrected chi connectivity index (χ0v) is 49.7. The van der Waals surface area contributed by atoms with Crippen LogP contribution in [0.15, 0.2) is 12.2 Å². The average molecular weight is 1030 g/mol. The highest BCUT2D eigenvalue weighted by atomic mass is 16.6. The average Bonchev–Trinajstić information content (AvgIpc) is 3.39. The summed E-state index contributed by atoms with van der Waals surface area (Å²) < 4.78 is 16.9. The van der Waals surface area contributed by atoms with Gasteiger partial charge in [-0.15, -0.1) is 0 Å². The van der Waals surface area contributed by atoms with Crippen LogP contribution in [0.2, 0.25) is 0 Å². The van der Waals surface area contributed by atoms with Crippen molar-refractivity contribution >= 4 is 17.9 Å². The minimum absolute atomic E-state index is 0.0640. The molecule has 0 fully saturated rings.